The lowest BCUT2D eigenvalue weighted by Gasteiger charge is -2.16. The van der Waals surface area contributed by atoms with Crippen molar-refractivity contribution < 1.29 is 0 Å². The van der Waals surface area contributed by atoms with Crippen LogP contribution in [0.15, 0.2) is 109 Å². The van der Waals surface area contributed by atoms with E-state index < -0.39 is 0 Å². The lowest BCUT2D eigenvalue weighted by Crippen LogP contribution is -2.12. The Bertz CT molecular complexity index is 926. The van der Waals surface area contributed by atoms with Gasteiger partial charge in [0, 0.05) is 0 Å². The largest absolute Gasteiger partial charge is 0.301 e. The zero-order chi connectivity index (χ0) is 19.0. The number of para-hydroxylation sites is 2. The van der Waals surface area contributed by atoms with E-state index >= 15 is 0 Å². The minimum absolute atomic E-state index is 0.900. The molecule has 0 aliphatic carbocycles. The van der Waals surface area contributed by atoms with Crippen molar-refractivity contribution in [2.75, 3.05) is 10.9 Å². The fraction of sp³-hybridized carbons (Fsp3) is 0.0769. The molecule has 0 saturated heterocycles. The van der Waals surface area contributed by atoms with Gasteiger partial charge in [0.2, 0.25) is 0 Å². The number of hydrazine groups is 1. The highest BCUT2D eigenvalue weighted by molar-refractivity contribution is 5.60. The van der Waals surface area contributed by atoms with Crippen molar-refractivity contribution in [2.24, 2.45) is 0 Å². The molecule has 2 N–H and O–H groups in total. The normalized spacial score (nSPS) is 10.4. The standard InChI is InChI=1S/C26H24N2/c1-3-11-21(12-4-1)19-23-15-7-9-17-25(23)27-28-26-18-10-8-16-24(26)20-22-13-5-2-6-14-22/h1-18,27-28H,19-20H2. The van der Waals surface area contributed by atoms with E-state index in [4.69, 9.17) is 0 Å². The monoisotopic (exact) mass is 364 g/mol. The summed E-state index contributed by atoms with van der Waals surface area (Å²) in [4.78, 5) is 0. The van der Waals surface area contributed by atoms with E-state index in [1.807, 2.05) is 0 Å². The molecule has 0 fully saturated rings. The third kappa shape index (κ3) is 4.60. The fourth-order valence-electron chi connectivity index (χ4n) is 3.36. The highest BCUT2D eigenvalue weighted by atomic mass is 15.4. The first kappa shape index (κ1) is 17.9. The molecule has 0 bridgehead atoms. The Labute approximate surface area is 166 Å². The SMILES string of the molecule is c1ccc(Cc2ccccc2NNc2ccccc2Cc2ccccc2)cc1. The van der Waals surface area contributed by atoms with E-state index in [9.17, 15) is 0 Å². The molecular weight excluding hydrogens is 340 g/mol. The zero-order valence-electron chi connectivity index (χ0n) is 15.8. The summed E-state index contributed by atoms with van der Waals surface area (Å²) < 4.78 is 0. The van der Waals surface area contributed by atoms with E-state index in [2.05, 4.69) is 120 Å². The highest BCUT2D eigenvalue weighted by Gasteiger charge is 2.05. The minimum Gasteiger partial charge on any atom is -0.301 e. The average molecular weight is 364 g/mol. The molecule has 0 aliphatic rings. The molecular formula is C26H24N2. The van der Waals surface area contributed by atoms with E-state index in [1.165, 1.54) is 22.3 Å². The van der Waals surface area contributed by atoms with Crippen LogP contribution in [-0.4, -0.2) is 0 Å². The van der Waals surface area contributed by atoms with Crippen molar-refractivity contribution in [3.05, 3.63) is 131 Å². The molecule has 0 heterocycles. The maximum absolute atomic E-state index is 3.43. The van der Waals surface area contributed by atoms with Gasteiger partial charge < -0.3 is 10.9 Å². The quantitative estimate of drug-likeness (QED) is 0.376. The molecule has 0 radical (unpaired) electrons. The first-order valence-electron chi connectivity index (χ1n) is 9.64. The first-order valence-corrected chi connectivity index (χ1v) is 9.64. The molecule has 0 aliphatic heterocycles. The Hall–Kier alpha value is -3.52. The molecule has 4 aromatic rings. The zero-order valence-corrected chi connectivity index (χ0v) is 15.8. The average Bonchev–Trinajstić information content (AvgIpc) is 2.76. The number of nitrogens with one attached hydrogen (secondary N) is 2. The summed E-state index contributed by atoms with van der Waals surface area (Å²) in [6, 6.07) is 38.0. The van der Waals surface area contributed by atoms with Gasteiger partial charge in [-0.25, -0.2) is 0 Å². The van der Waals surface area contributed by atoms with Gasteiger partial charge in [-0.1, -0.05) is 97.1 Å². The van der Waals surface area contributed by atoms with Gasteiger partial charge in [-0.3, -0.25) is 0 Å². The summed E-state index contributed by atoms with van der Waals surface area (Å²) in [5.41, 5.74) is 14.2. The summed E-state index contributed by atoms with van der Waals surface area (Å²) in [5, 5.41) is 0. The van der Waals surface area contributed by atoms with Gasteiger partial charge in [0.1, 0.15) is 0 Å². The van der Waals surface area contributed by atoms with Crippen molar-refractivity contribution in [2.45, 2.75) is 12.8 Å². The lowest BCUT2D eigenvalue weighted by atomic mass is 10.0. The summed E-state index contributed by atoms with van der Waals surface area (Å²) in [6.45, 7) is 0. The Kier molecular flexibility index (Phi) is 5.69. The molecule has 2 nitrogen and oxygen atoms in total. The highest BCUT2D eigenvalue weighted by Crippen LogP contribution is 2.22. The minimum atomic E-state index is 0.900. The number of rotatable bonds is 7. The maximum atomic E-state index is 3.43. The van der Waals surface area contributed by atoms with Gasteiger partial charge in [-0.2, -0.15) is 0 Å². The molecule has 2 heteroatoms. The van der Waals surface area contributed by atoms with Crippen molar-refractivity contribution in [1.82, 2.24) is 0 Å². The smallest absolute Gasteiger partial charge is 0.0575 e. The van der Waals surface area contributed by atoms with Crippen LogP contribution in [0.4, 0.5) is 11.4 Å². The number of hydrogen-bond acceptors (Lipinski definition) is 2. The molecule has 138 valence electrons. The van der Waals surface area contributed by atoms with E-state index in [-0.39, 0.29) is 0 Å². The van der Waals surface area contributed by atoms with Crippen molar-refractivity contribution in [1.29, 1.82) is 0 Å². The Balaban J connectivity index is 1.50. The van der Waals surface area contributed by atoms with Gasteiger partial charge in [0.25, 0.3) is 0 Å². The second-order valence-corrected chi connectivity index (χ2v) is 6.89. The first-order chi connectivity index (χ1) is 13.9. The summed E-state index contributed by atoms with van der Waals surface area (Å²) in [5.74, 6) is 0. The van der Waals surface area contributed by atoms with Gasteiger partial charge in [-0.15, -0.1) is 0 Å². The summed E-state index contributed by atoms with van der Waals surface area (Å²) in [7, 11) is 0. The summed E-state index contributed by atoms with van der Waals surface area (Å²) in [6.07, 6.45) is 1.80. The molecule has 0 amide bonds. The van der Waals surface area contributed by atoms with Crippen LogP contribution in [-0.2, 0) is 12.8 Å². The molecule has 28 heavy (non-hydrogen) atoms. The third-order valence-corrected chi connectivity index (χ3v) is 4.84. The van der Waals surface area contributed by atoms with Crippen LogP contribution in [0.1, 0.15) is 22.3 Å². The molecule has 0 atom stereocenters. The fourth-order valence-corrected chi connectivity index (χ4v) is 3.36. The number of anilines is 2. The maximum Gasteiger partial charge on any atom is 0.0575 e. The van der Waals surface area contributed by atoms with Gasteiger partial charge in [0.05, 0.1) is 11.4 Å². The van der Waals surface area contributed by atoms with Crippen LogP contribution in [0, 0.1) is 0 Å². The van der Waals surface area contributed by atoms with Crippen LogP contribution < -0.4 is 10.9 Å². The summed E-state index contributed by atoms with van der Waals surface area (Å²) >= 11 is 0. The lowest BCUT2D eigenvalue weighted by molar-refractivity contribution is 1.17. The van der Waals surface area contributed by atoms with Crippen LogP contribution in [0.25, 0.3) is 0 Å². The van der Waals surface area contributed by atoms with Crippen molar-refractivity contribution in [3.63, 3.8) is 0 Å². The molecule has 0 spiro atoms. The van der Waals surface area contributed by atoms with Crippen LogP contribution >= 0.6 is 0 Å². The third-order valence-electron chi connectivity index (χ3n) is 4.84. The van der Waals surface area contributed by atoms with Gasteiger partial charge >= 0.3 is 0 Å². The van der Waals surface area contributed by atoms with Crippen LogP contribution in [0.5, 0.6) is 0 Å². The second-order valence-electron chi connectivity index (χ2n) is 6.89. The predicted molar refractivity (Wildman–Crippen MR) is 119 cm³/mol. The number of benzene rings is 4. The second kappa shape index (κ2) is 8.92. The molecule has 0 unspecified atom stereocenters. The van der Waals surface area contributed by atoms with Crippen molar-refractivity contribution in [3.8, 4) is 0 Å². The molecule has 0 aromatic heterocycles. The number of hydrogen-bond donors (Lipinski definition) is 2. The topological polar surface area (TPSA) is 24.1 Å². The van der Waals surface area contributed by atoms with Crippen LogP contribution in [0.3, 0.4) is 0 Å². The van der Waals surface area contributed by atoms with E-state index in [0.717, 1.165) is 24.2 Å². The molecule has 0 saturated carbocycles. The molecule has 4 rings (SSSR count). The van der Waals surface area contributed by atoms with Crippen molar-refractivity contribution >= 4 is 11.4 Å². The van der Waals surface area contributed by atoms with Gasteiger partial charge in [-0.05, 0) is 47.2 Å². The predicted octanol–water partition coefficient (Wildman–Crippen LogP) is 6.31. The van der Waals surface area contributed by atoms with Crippen LogP contribution in [0.2, 0.25) is 0 Å². The Morgan fingerprint density at radius 2 is 0.750 bits per heavy atom. The van der Waals surface area contributed by atoms with E-state index in [1.54, 1.807) is 0 Å². The Morgan fingerprint density at radius 3 is 1.18 bits per heavy atom. The molecule has 4 aromatic carbocycles. The Morgan fingerprint density at radius 1 is 0.393 bits per heavy atom. The van der Waals surface area contributed by atoms with Gasteiger partial charge in [0.15, 0.2) is 0 Å². The van der Waals surface area contributed by atoms with E-state index in [0.29, 0.717) is 0 Å².